The highest BCUT2D eigenvalue weighted by Gasteiger charge is 2.17. The number of nitrogens with one attached hydrogen (secondary N) is 2. The molecule has 4 heterocycles. The van der Waals surface area contributed by atoms with Crippen molar-refractivity contribution in [1.29, 1.82) is 0 Å². The second-order valence-corrected chi connectivity index (χ2v) is 7.33. The Balaban J connectivity index is 1.49. The first-order valence-corrected chi connectivity index (χ1v) is 9.93. The molecule has 1 aliphatic heterocycles. The predicted molar refractivity (Wildman–Crippen MR) is 121 cm³/mol. The maximum Gasteiger partial charge on any atom is 0.159 e. The molecule has 0 spiro atoms. The lowest BCUT2D eigenvalue weighted by Crippen LogP contribution is -1.85. The molecule has 4 aromatic rings. The van der Waals surface area contributed by atoms with E-state index in [0.29, 0.717) is 6.54 Å². The number of pyridine rings is 1. The van der Waals surface area contributed by atoms with Gasteiger partial charge in [0, 0.05) is 23.4 Å². The van der Waals surface area contributed by atoms with Crippen molar-refractivity contribution >= 4 is 39.3 Å². The largest absolute Gasteiger partial charge is 0.335 e. The molecule has 3 aromatic heterocycles. The number of hydrogen-bond donors (Lipinski definition) is 2. The minimum Gasteiger partial charge on any atom is -0.335 e. The summed E-state index contributed by atoms with van der Waals surface area (Å²) in [5.74, 6) is 0.735. The first-order valence-electron chi connectivity index (χ1n) is 9.93. The quantitative estimate of drug-likeness (QED) is 0.524. The van der Waals surface area contributed by atoms with Crippen molar-refractivity contribution in [1.82, 2.24) is 25.1 Å². The Labute approximate surface area is 172 Å². The van der Waals surface area contributed by atoms with Crippen LogP contribution in [0.5, 0.6) is 0 Å². The number of H-pyrrole nitrogens is 2. The standard InChI is InChI=1S/C24H18N6/c1-2-5-16(4-1)19-13-26-14-21-22(19)28-24(27-21)23-18-12-17(7-8-20(18)29-30-23)15-6-3-10-25-11-9-15/h1,3-10,12-14H,2,11H2,(H,27,28)(H,29,30). The molecule has 144 valence electrons. The number of fused-ring (bicyclic) bond motifs is 2. The molecule has 2 N–H and O–H groups in total. The van der Waals surface area contributed by atoms with Gasteiger partial charge in [0.25, 0.3) is 0 Å². The first-order chi connectivity index (χ1) is 14.9. The van der Waals surface area contributed by atoms with Gasteiger partial charge in [0.05, 0.1) is 29.3 Å². The van der Waals surface area contributed by atoms with E-state index in [1.165, 1.54) is 0 Å². The highest BCUT2D eigenvalue weighted by atomic mass is 15.1. The molecule has 30 heavy (non-hydrogen) atoms. The summed E-state index contributed by atoms with van der Waals surface area (Å²) < 4.78 is 0. The number of aliphatic imine (C=N–C) groups is 1. The first kappa shape index (κ1) is 16.9. The summed E-state index contributed by atoms with van der Waals surface area (Å²) in [6, 6.07) is 6.32. The van der Waals surface area contributed by atoms with Gasteiger partial charge in [-0.05, 0) is 41.3 Å². The molecule has 0 saturated carbocycles. The van der Waals surface area contributed by atoms with Crippen molar-refractivity contribution in [2.24, 2.45) is 4.99 Å². The van der Waals surface area contributed by atoms with E-state index >= 15 is 0 Å². The molecule has 0 radical (unpaired) electrons. The lowest BCUT2D eigenvalue weighted by Gasteiger charge is -2.02. The van der Waals surface area contributed by atoms with Gasteiger partial charge < -0.3 is 4.98 Å². The van der Waals surface area contributed by atoms with Crippen LogP contribution in [0.25, 0.3) is 44.6 Å². The van der Waals surface area contributed by atoms with E-state index in [0.717, 1.165) is 62.1 Å². The molecule has 0 unspecified atom stereocenters. The molecule has 6 rings (SSSR count). The Morgan fingerprint density at radius 3 is 2.90 bits per heavy atom. The molecule has 0 bridgehead atoms. The SMILES string of the molecule is C1=CC(c2ccc3[nH]nc(-c4nc5c(C6=CCC=C6)cncc5[nH]4)c3c2)=CCN=C1. The Kier molecular flexibility index (Phi) is 3.81. The van der Waals surface area contributed by atoms with E-state index < -0.39 is 0 Å². The number of imidazole rings is 1. The molecule has 0 fully saturated rings. The van der Waals surface area contributed by atoms with Crippen LogP contribution in [-0.4, -0.2) is 37.9 Å². The van der Waals surface area contributed by atoms with Crippen LogP contribution in [0.2, 0.25) is 0 Å². The topological polar surface area (TPSA) is 82.6 Å². The van der Waals surface area contributed by atoms with E-state index in [-0.39, 0.29) is 0 Å². The third-order valence-electron chi connectivity index (χ3n) is 5.48. The third kappa shape index (κ3) is 2.73. The maximum absolute atomic E-state index is 4.91. The van der Waals surface area contributed by atoms with Gasteiger partial charge >= 0.3 is 0 Å². The van der Waals surface area contributed by atoms with Gasteiger partial charge in [-0.15, -0.1) is 0 Å². The van der Waals surface area contributed by atoms with Gasteiger partial charge in [0.2, 0.25) is 0 Å². The van der Waals surface area contributed by atoms with Crippen LogP contribution in [-0.2, 0) is 0 Å². The highest BCUT2D eigenvalue weighted by molar-refractivity contribution is 5.98. The number of rotatable bonds is 3. The van der Waals surface area contributed by atoms with Gasteiger partial charge in [-0.3, -0.25) is 15.1 Å². The second-order valence-electron chi connectivity index (χ2n) is 7.33. The van der Waals surface area contributed by atoms with Crippen LogP contribution in [0.4, 0.5) is 0 Å². The second kappa shape index (κ2) is 6.77. The van der Waals surface area contributed by atoms with Gasteiger partial charge in [-0.25, -0.2) is 4.98 Å². The number of aromatic nitrogens is 5. The minimum absolute atomic E-state index is 0.683. The maximum atomic E-state index is 4.91. The van der Waals surface area contributed by atoms with Crippen molar-refractivity contribution in [3.8, 4) is 11.5 Å². The normalized spacial score (nSPS) is 15.7. The fourth-order valence-electron chi connectivity index (χ4n) is 3.99. The number of allylic oxidation sites excluding steroid dienone is 7. The summed E-state index contributed by atoms with van der Waals surface area (Å²) in [7, 11) is 0. The molecule has 6 heteroatoms. The van der Waals surface area contributed by atoms with E-state index in [1.807, 2.05) is 24.7 Å². The zero-order valence-corrected chi connectivity index (χ0v) is 16.1. The molecule has 6 nitrogen and oxygen atoms in total. The molecular weight excluding hydrogens is 372 g/mol. The van der Waals surface area contributed by atoms with Crippen molar-refractivity contribution in [3.05, 3.63) is 78.2 Å². The van der Waals surface area contributed by atoms with Crippen LogP contribution in [0, 0.1) is 0 Å². The van der Waals surface area contributed by atoms with Gasteiger partial charge in [-0.2, -0.15) is 5.10 Å². The van der Waals surface area contributed by atoms with Crippen LogP contribution < -0.4 is 0 Å². The zero-order valence-electron chi connectivity index (χ0n) is 16.1. The molecular formula is C24H18N6. The fourth-order valence-corrected chi connectivity index (χ4v) is 3.99. The molecule has 0 amide bonds. The number of hydrogen-bond acceptors (Lipinski definition) is 4. The molecule has 1 aromatic carbocycles. The summed E-state index contributed by atoms with van der Waals surface area (Å²) in [4.78, 5) is 17.0. The smallest absolute Gasteiger partial charge is 0.159 e. The molecule has 0 atom stereocenters. The average molecular weight is 390 g/mol. The van der Waals surface area contributed by atoms with Crippen molar-refractivity contribution < 1.29 is 0 Å². The highest BCUT2D eigenvalue weighted by Crippen LogP contribution is 2.32. The monoisotopic (exact) mass is 390 g/mol. The van der Waals surface area contributed by atoms with Crippen molar-refractivity contribution in [2.75, 3.05) is 6.54 Å². The fraction of sp³-hybridized carbons (Fsp3) is 0.0833. The summed E-state index contributed by atoms with van der Waals surface area (Å²) in [5.41, 5.74) is 8.08. The van der Waals surface area contributed by atoms with Crippen LogP contribution in [0.1, 0.15) is 17.5 Å². The van der Waals surface area contributed by atoms with Gasteiger partial charge in [0.15, 0.2) is 5.82 Å². The number of benzene rings is 1. The number of aromatic amines is 2. The predicted octanol–water partition coefficient (Wildman–Crippen LogP) is 4.87. The Bertz CT molecular complexity index is 1440. The summed E-state index contributed by atoms with van der Waals surface area (Å²) in [6.45, 7) is 0.683. The van der Waals surface area contributed by atoms with Gasteiger partial charge in [-0.1, -0.05) is 36.4 Å². The van der Waals surface area contributed by atoms with E-state index in [1.54, 1.807) is 0 Å². The lowest BCUT2D eigenvalue weighted by atomic mass is 10.0. The van der Waals surface area contributed by atoms with E-state index in [9.17, 15) is 0 Å². The lowest BCUT2D eigenvalue weighted by molar-refractivity contribution is 1.11. The van der Waals surface area contributed by atoms with E-state index in [4.69, 9.17) is 4.98 Å². The Morgan fingerprint density at radius 2 is 1.97 bits per heavy atom. The molecule has 2 aliphatic rings. The summed E-state index contributed by atoms with van der Waals surface area (Å²) >= 11 is 0. The van der Waals surface area contributed by atoms with E-state index in [2.05, 4.69) is 73.7 Å². The summed E-state index contributed by atoms with van der Waals surface area (Å²) in [6.07, 6.45) is 19.1. The van der Waals surface area contributed by atoms with Crippen molar-refractivity contribution in [3.63, 3.8) is 0 Å². The average Bonchev–Trinajstić information content (AvgIpc) is 3.49. The van der Waals surface area contributed by atoms with Crippen molar-refractivity contribution in [2.45, 2.75) is 6.42 Å². The molecule has 1 aliphatic carbocycles. The van der Waals surface area contributed by atoms with Crippen LogP contribution in [0.15, 0.2) is 72.0 Å². The minimum atomic E-state index is 0.683. The Morgan fingerprint density at radius 1 is 0.967 bits per heavy atom. The number of nitrogens with zero attached hydrogens (tertiary/aromatic N) is 4. The molecule has 0 saturated heterocycles. The zero-order chi connectivity index (χ0) is 19.9. The summed E-state index contributed by atoms with van der Waals surface area (Å²) in [5, 5.41) is 8.72. The van der Waals surface area contributed by atoms with Gasteiger partial charge in [0.1, 0.15) is 5.69 Å². The van der Waals surface area contributed by atoms with Crippen LogP contribution in [0.3, 0.4) is 0 Å². The Hall–Kier alpha value is -4.06. The third-order valence-corrected chi connectivity index (χ3v) is 5.48. The van der Waals surface area contributed by atoms with Crippen LogP contribution >= 0.6 is 0 Å².